The summed E-state index contributed by atoms with van der Waals surface area (Å²) in [5.41, 5.74) is 9.28. The Balaban J connectivity index is 1.79. The summed E-state index contributed by atoms with van der Waals surface area (Å²) in [6.07, 6.45) is 1.50. The molecule has 0 saturated heterocycles. The van der Waals surface area contributed by atoms with Gasteiger partial charge in [0.15, 0.2) is 22.4 Å². The molecule has 1 unspecified atom stereocenters. The van der Waals surface area contributed by atoms with Crippen LogP contribution in [0.3, 0.4) is 0 Å². The summed E-state index contributed by atoms with van der Waals surface area (Å²) >= 11 is 1.17. The van der Waals surface area contributed by atoms with E-state index < -0.39 is 21.7 Å². The quantitative estimate of drug-likeness (QED) is 0.494. The first-order valence-corrected chi connectivity index (χ1v) is 10.5. The highest BCUT2D eigenvalue weighted by atomic mass is 32.2. The van der Waals surface area contributed by atoms with Gasteiger partial charge in [-0.3, -0.25) is 19.7 Å². The fourth-order valence-corrected chi connectivity index (χ4v) is 4.27. The Labute approximate surface area is 165 Å². The molecule has 0 bridgehead atoms. The zero-order valence-corrected chi connectivity index (χ0v) is 16.6. The van der Waals surface area contributed by atoms with Crippen LogP contribution >= 0.6 is 11.3 Å². The molecule has 1 atom stereocenters. The molecule has 1 aromatic heterocycles. The standard InChI is InChI=1S/C17H17N5O4S2/c1-9-13(18)14(16(24)10(2)15(9)23)21-20-11-3-5-12(6-4-11)28(25,26)22-17-19-7-8-27-17/h3-8,10,20H,18H2,1-2H3,(H,19,22)/b21-14-. The fourth-order valence-electron chi connectivity index (χ4n) is 2.48. The molecule has 0 saturated carbocycles. The number of thiazole rings is 1. The molecule has 28 heavy (non-hydrogen) atoms. The molecule has 1 aromatic carbocycles. The minimum Gasteiger partial charge on any atom is -0.396 e. The van der Waals surface area contributed by atoms with E-state index in [-0.39, 0.29) is 27.2 Å². The fraction of sp³-hybridized carbons (Fsp3) is 0.176. The lowest BCUT2D eigenvalue weighted by Crippen LogP contribution is -2.39. The number of anilines is 2. The number of nitrogens with two attached hydrogens (primary N) is 1. The Bertz CT molecular complexity index is 1090. The lowest BCUT2D eigenvalue weighted by atomic mass is 9.85. The molecular formula is C17H17N5O4S2. The number of ketones is 2. The molecule has 1 aliphatic carbocycles. The topological polar surface area (TPSA) is 144 Å². The van der Waals surface area contributed by atoms with Gasteiger partial charge in [0.05, 0.1) is 22.2 Å². The van der Waals surface area contributed by atoms with Crippen molar-refractivity contribution in [3.8, 4) is 0 Å². The van der Waals surface area contributed by atoms with Crippen LogP contribution in [0.2, 0.25) is 0 Å². The zero-order chi connectivity index (χ0) is 20.5. The van der Waals surface area contributed by atoms with Crippen LogP contribution in [-0.4, -0.2) is 30.7 Å². The van der Waals surface area contributed by atoms with E-state index >= 15 is 0 Å². The second-order valence-corrected chi connectivity index (χ2v) is 8.61. The van der Waals surface area contributed by atoms with Crippen molar-refractivity contribution in [3.05, 3.63) is 47.1 Å². The highest BCUT2D eigenvalue weighted by molar-refractivity contribution is 7.93. The Morgan fingerprint density at radius 1 is 1.18 bits per heavy atom. The van der Waals surface area contributed by atoms with Gasteiger partial charge in [-0.1, -0.05) is 0 Å². The summed E-state index contributed by atoms with van der Waals surface area (Å²) in [4.78, 5) is 28.1. The van der Waals surface area contributed by atoms with Crippen LogP contribution in [0, 0.1) is 5.92 Å². The maximum Gasteiger partial charge on any atom is 0.263 e. The number of hydrazone groups is 1. The van der Waals surface area contributed by atoms with E-state index in [1.54, 1.807) is 12.3 Å². The van der Waals surface area contributed by atoms with E-state index in [9.17, 15) is 18.0 Å². The number of benzene rings is 1. The number of allylic oxidation sites excluding steroid dienone is 2. The van der Waals surface area contributed by atoms with Crippen LogP contribution in [-0.2, 0) is 19.6 Å². The van der Waals surface area contributed by atoms with Crippen LogP contribution in [0.5, 0.6) is 0 Å². The number of nitrogens with one attached hydrogen (secondary N) is 2. The monoisotopic (exact) mass is 419 g/mol. The van der Waals surface area contributed by atoms with Gasteiger partial charge in [0.2, 0.25) is 0 Å². The Kier molecular flexibility index (Phi) is 5.29. The molecule has 9 nitrogen and oxygen atoms in total. The molecule has 0 fully saturated rings. The SMILES string of the molecule is CC1=C(N)/C(=N/Nc2ccc(S(=O)(=O)Nc3nccs3)cc2)C(=O)C(C)C1=O. The molecule has 0 aliphatic heterocycles. The molecule has 2 aromatic rings. The number of Topliss-reactive ketones (excluding diaryl/α,β-unsaturated/α-hetero) is 2. The Morgan fingerprint density at radius 3 is 2.46 bits per heavy atom. The summed E-state index contributed by atoms with van der Waals surface area (Å²) < 4.78 is 27.0. The largest absolute Gasteiger partial charge is 0.396 e. The number of nitrogens with zero attached hydrogens (tertiary/aromatic N) is 2. The van der Waals surface area contributed by atoms with Gasteiger partial charge in [-0.05, 0) is 38.1 Å². The van der Waals surface area contributed by atoms with Crippen LogP contribution in [0.15, 0.2) is 57.1 Å². The van der Waals surface area contributed by atoms with Gasteiger partial charge in [-0.25, -0.2) is 13.4 Å². The van der Waals surface area contributed by atoms with Crippen molar-refractivity contribution in [2.24, 2.45) is 16.8 Å². The second kappa shape index (κ2) is 7.52. The number of hydrogen-bond acceptors (Lipinski definition) is 9. The van der Waals surface area contributed by atoms with E-state index in [1.807, 2.05) is 0 Å². The first-order valence-electron chi connectivity index (χ1n) is 8.12. The molecule has 0 radical (unpaired) electrons. The van der Waals surface area contributed by atoms with Gasteiger partial charge < -0.3 is 5.73 Å². The van der Waals surface area contributed by atoms with Crippen LogP contribution in [0.1, 0.15) is 13.8 Å². The molecule has 0 spiro atoms. The highest BCUT2D eigenvalue weighted by Crippen LogP contribution is 2.21. The Hall–Kier alpha value is -3.05. The van der Waals surface area contributed by atoms with Crippen LogP contribution in [0.25, 0.3) is 0 Å². The summed E-state index contributed by atoms with van der Waals surface area (Å²) in [5, 5.41) is 5.94. The predicted octanol–water partition coefficient (Wildman–Crippen LogP) is 1.73. The minimum atomic E-state index is -3.76. The number of sulfonamides is 1. The molecule has 4 N–H and O–H groups in total. The Morgan fingerprint density at radius 2 is 1.86 bits per heavy atom. The van der Waals surface area contributed by atoms with Gasteiger partial charge in [0.1, 0.15) is 0 Å². The van der Waals surface area contributed by atoms with Crippen molar-refractivity contribution in [1.82, 2.24) is 4.98 Å². The number of hydrogen-bond donors (Lipinski definition) is 3. The van der Waals surface area contributed by atoms with E-state index in [1.165, 1.54) is 48.7 Å². The molecule has 0 amide bonds. The van der Waals surface area contributed by atoms with Gasteiger partial charge in [-0.15, -0.1) is 11.3 Å². The smallest absolute Gasteiger partial charge is 0.263 e. The van der Waals surface area contributed by atoms with Crippen LogP contribution < -0.4 is 15.9 Å². The number of aromatic nitrogens is 1. The van der Waals surface area contributed by atoms with Crippen molar-refractivity contribution in [1.29, 1.82) is 0 Å². The van der Waals surface area contributed by atoms with Crippen molar-refractivity contribution >= 4 is 49.5 Å². The van der Waals surface area contributed by atoms with Gasteiger partial charge in [0, 0.05) is 17.2 Å². The van der Waals surface area contributed by atoms with E-state index in [0.717, 1.165) is 0 Å². The average molecular weight is 419 g/mol. The molecule has 1 aliphatic rings. The third kappa shape index (κ3) is 3.80. The molecule has 11 heteroatoms. The van der Waals surface area contributed by atoms with E-state index in [2.05, 4.69) is 20.2 Å². The maximum absolute atomic E-state index is 12.3. The van der Waals surface area contributed by atoms with Crippen molar-refractivity contribution in [3.63, 3.8) is 0 Å². The number of rotatable bonds is 5. The second-order valence-electron chi connectivity index (χ2n) is 6.03. The maximum atomic E-state index is 12.3. The van der Waals surface area contributed by atoms with Gasteiger partial charge in [-0.2, -0.15) is 5.10 Å². The molecule has 146 valence electrons. The van der Waals surface area contributed by atoms with Crippen LogP contribution in [0.4, 0.5) is 10.8 Å². The first kappa shape index (κ1) is 19.7. The lowest BCUT2D eigenvalue weighted by Gasteiger charge is -2.19. The summed E-state index contributed by atoms with van der Waals surface area (Å²) in [6, 6.07) is 5.76. The van der Waals surface area contributed by atoms with Crippen molar-refractivity contribution in [2.45, 2.75) is 18.7 Å². The number of carbonyl (C=O) groups is 2. The van der Waals surface area contributed by atoms with Crippen molar-refractivity contribution < 1.29 is 18.0 Å². The summed E-state index contributed by atoms with van der Waals surface area (Å²) in [7, 11) is -3.76. The van der Waals surface area contributed by atoms with Crippen molar-refractivity contribution in [2.75, 3.05) is 10.1 Å². The summed E-state index contributed by atoms with van der Waals surface area (Å²) in [5.74, 6) is -1.62. The van der Waals surface area contributed by atoms with Gasteiger partial charge in [0.25, 0.3) is 10.0 Å². The first-order chi connectivity index (χ1) is 13.2. The molecule has 3 rings (SSSR count). The third-order valence-corrected chi connectivity index (χ3v) is 6.34. The van der Waals surface area contributed by atoms with Gasteiger partial charge >= 0.3 is 0 Å². The third-order valence-electron chi connectivity index (χ3n) is 4.16. The predicted molar refractivity (Wildman–Crippen MR) is 106 cm³/mol. The highest BCUT2D eigenvalue weighted by Gasteiger charge is 2.35. The summed E-state index contributed by atoms with van der Waals surface area (Å²) in [6.45, 7) is 3.05. The normalized spacial score (nSPS) is 19.2. The molecular weight excluding hydrogens is 402 g/mol. The van der Waals surface area contributed by atoms with E-state index in [0.29, 0.717) is 11.3 Å². The number of carbonyl (C=O) groups excluding carboxylic acids is 2. The lowest BCUT2D eigenvalue weighted by molar-refractivity contribution is -0.126. The van der Waals surface area contributed by atoms with E-state index in [4.69, 9.17) is 5.73 Å². The molecule has 1 heterocycles. The zero-order valence-electron chi connectivity index (χ0n) is 15.0. The minimum absolute atomic E-state index is 0.0215. The average Bonchev–Trinajstić information content (AvgIpc) is 3.17.